The molecule has 0 saturated carbocycles. The molecule has 0 amide bonds. The third-order valence-corrected chi connectivity index (χ3v) is 8.42. The Morgan fingerprint density at radius 1 is 0.354 bits per heavy atom. The fraction of sp³-hybridized carbons (Fsp3) is 0. The summed E-state index contributed by atoms with van der Waals surface area (Å²) in [6.07, 6.45) is -4.08. The van der Waals surface area contributed by atoms with Crippen molar-refractivity contribution in [3.63, 3.8) is 0 Å². The monoisotopic (exact) mass is 656 g/mol. The summed E-state index contributed by atoms with van der Waals surface area (Å²) in [7, 11) is 0. The van der Waals surface area contributed by atoms with Crippen molar-refractivity contribution in [2.24, 2.45) is 0 Å². The first-order valence-electron chi connectivity index (χ1n) is 13.1. The smallest absolute Gasteiger partial charge is 0.431 e. The predicted octanol–water partition coefficient (Wildman–Crippen LogP) is 4.33. The molecule has 6 aromatic carbocycles. The average Bonchev–Trinajstić information content (AvgIpc) is 2.99. The zero-order chi connectivity index (χ0) is 35.0. The van der Waals surface area contributed by atoms with E-state index in [-0.39, 0.29) is 20.1 Å². The molecule has 238 valence electrons. The molecule has 0 aliphatic rings. The molecule has 18 nitrogen and oxygen atoms in total. The van der Waals surface area contributed by atoms with Crippen LogP contribution in [0.25, 0.3) is 64.9 Å². The summed E-state index contributed by atoms with van der Waals surface area (Å²) in [6.45, 7) is 0. The molecular formula is C30H12N2O16. The van der Waals surface area contributed by atoms with Gasteiger partial charge in [-0.05, 0) is 45.8 Å². The minimum Gasteiger partial charge on any atom is -0.478 e. The molecule has 0 unspecified atom stereocenters. The minimum absolute atomic E-state index is 0.0512. The zero-order valence-electron chi connectivity index (χ0n) is 23.0. The molecule has 18 heteroatoms. The highest BCUT2D eigenvalue weighted by Gasteiger charge is 2.37. The Morgan fingerprint density at radius 3 is 0.896 bits per heavy atom. The topological polar surface area (TPSA) is 308 Å². The number of carboxylic acids is 6. The fourth-order valence-corrected chi connectivity index (χ4v) is 6.98. The lowest BCUT2D eigenvalue weighted by molar-refractivity contribution is 0.0655. The van der Waals surface area contributed by atoms with Gasteiger partial charge in [0, 0.05) is 32.3 Å². The lowest BCUT2D eigenvalue weighted by Crippen LogP contribution is -2.29. The molecule has 0 saturated heterocycles. The third kappa shape index (κ3) is 3.28. The van der Waals surface area contributed by atoms with Gasteiger partial charge < -0.3 is 40.9 Å². The SMILES string of the molecule is O=C(O)c1c(C(=O)O)c2cc(C(=O)O)c3c(C(=O)O)cc4c5c3c2c2c1cc(C(=O)O)c1c(C(=O)O)cc(c5c12)n(C(=O)O)n4C(=O)O. The van der Waals surface area contributed by atoms with Crippen LogP contribution < -0.4 is 0 Å². The van der Waals surface area contributed by atoms with Gasteiger partial charge in [0.2, 0.25) is 0 Å². The molecule has 0 aliphatic carbocycles. The van der Waals surface area contributed by atoms with Crippen LogP contribution in [-0.4, -0.2) is 98.2 Å². The molecule has 7 aromatic rings. The number of hydrogen-bond acceptors (Lipinski definition) is 8. The van der Waals surface area contributed by atoms with Crippen LogP contribution in [0.2, 0.25) is 0 Å². The van der Waals surface area contributed by atoms with Gasteiger partial charge in [-0.1, -0.05) is 0 Å². The summed E-state index contributed by atoms with van der Waals surface area (Å²) >= 11 is 0. The van der Waals surface area contributed by atoms with Crippen LogP contribution in [0.3, 0.4) is 0 Å². The summed E-state index contributed by atoms with van der Waals surface area (Å²) < 4.78 is 0.102. The number of aromatic nitrogens is 2. The zero-order valence-corrected chi connectivity index (χ0v) is 23.0. The van der Waals surface area contributed by atoms with E-state index < -0.39 is 136 Å². The summed E-state index contributed by atoms with van der Waals surface area (Å²) in [6, 6.07) is 2.74. The fourth-order valence-electron chi connectivity index (χ4n) is 6.98. The van der Waals surface area contributed by atoms with Gasteiger partial charge in [-0.15, -0.1) is 0 Å². The molecule has 8 N–H and O–H groups in total. The average molecular weight is 656 g/mol. The lowest BCUT2D eigenvalue weighted by Gasteiger charge is -2.27. The Hall–Kier alpha value is -7.50. The number of benzene rings is 6. The lowest BCUT2D eigenvalue weighted by atomic mass is 9.77. The van der Waals surface area contributed by atoms with E-state index in [4.69, 9.17) is 0 Å². The van der Waals surface area contributed by atoms with Gasteiger partial charge in [0.05, 0.1) is 44.4 Å². The van der Waals surface area contributed by atoms with Gasteiger partial charge in [0.25, 0.3) is 0 Å². The molecule has 48 heavy (non-hydrogen) atoms. The number of rotatable bonds is 6. The normalized spacial score (nSPS) is 11.8. The van der Waals surface area contributed by atoms with Crippen molar-refractivity contribution in [1.29, 1.82) is 0 Å². The first kappa shape index (κ1) is 29.2. The third-order valence-electron chi connectivity index (χ3n) is 8.42. The molecule has 0 fully saturated rings. The van der Waals surface area contributed by atoms with Gasteiger partial charge in [-0.25, -0.2) is 38.4 Å². The minimum atomic E-state index is -2.04. The van der Waals surface area contributed by atoms with Gasteiger partial charge in [0.15, 0.2) is 0 Å². The Balaban J connectivity index is 2.12. The second-order valence-corrected chi connectivity index (χ2v) is 10.6. The van der Waals surface area contributed by atoms with Gasteiger partial charge >= 0.3 is 48.0 Å². The highest BCUT2D eigenvalue weighted by molar-refractivity contribution is 6.49. The molecule has 1 aromatic heterocycles. The standard InChI is InChI=1S/C30H12N2O16/c33-23(34)7-1-5-15-16-6(18(28(43)44)17(5)27(41)42)2-8(24(35)36)14-10(26(39)40)4-12-20(22(14)16)19-11(31(29(45)46)32(12)30(47)48)3-9(25(37)38)13(7)21(15)19/h1-4H,(H,33,34)(H,35,36)(H,37,38)(H,39,40)(H,41,42)(H,43,44)(H,45,46)(H,47,48). The van der Waals surface area contributed by atoms with E-state index >= 15 is 0 Å². The molecule has 0 bridgehead atoms. The van der Waals surface area contributed by atoms with E-state index in [9.17, 15) is 79.2 Å². The molecular weight excluding hydrogens is 644 g/mol. The van der Waals surface area contributed by atoms with E-state index in [0.29, 0.717) is 24.3 Å². The number of carbonyl (C=O) groups is 8. The van der Waals surface area contributed by atoms with Crippen molar-refractivity contribution in [3.05, 3.63) is 57.6 Å². The van der Waals surface area contributed by atoms with E-state index in [2.05, 4.69) is 0 Å². The van der Waals surface area contributed by atoms with Gasteiger partial charge in [-0.3, -0.25) is 0 Å². The molecule has 0 atom stereocenters. The van der Waals surface area contributed by atoms with Crippen LogP contribution >= 0.6 is 0 Å². The largest absolute Gasteiger partial charge is 0.478 e. The predicted molar refractivity (Wildman–Crippen MR) is 158 cm³/mol. The number of carboxylic acid groups (broad SMARTS) is 8. The quantitative estimate of drug-likeness (QED) is 0.0912. The van der Waals surface area contributed by atoms with Crippen molar-refractivity contribution in [1.82, 2.24) is 9.36 Å². The first-order valence-corrected chi connectivity index (χ1v) is 13.1. The Morgan fingerprint density at radius 2 is 0.646 bits per heavy atom. The Kier molecular flexibility index (Phi) is 5.50. The number of nitrogens with zero attached hydrogens (tertiary/aromatic N) is 2. The maximum absolute atomic E-state index is 12.7. The highest BCUT2D eigenvalue weighted by atomic mass is 16.4. The van der Waals surface area contributed by atoms with Crippen LogP contribution in [0.5, 0.6) is 0 Å². The van der Waals surface area contributed by atoms with Crippen LogP contribution in [0.15, 0.2) is 24.3 Å². The van der Waals surface area contributed by atoms with Crippen LogP contribution in [0, 0.1) is 0 Å². The molecule has 0 aliphatic heterocycles. The highest BCUT2D eigenvalue weighted by Crippen LogP contribution is 2.53. The first-order chi connectivity index (χ1) is 22.5. The van der Waals surface area contributed by atoms with Crippen molar-refractivity contribution < 1.29 is 79.2 Å². The van der Waals surface area contributed by atoms with Crippen LogP contribution in [-0.2, 0) is 0 Å². The summed E-state index contributed by atoms with van der Waals surface area (Å²) in [5, 5.41) is 77.2. The van der Waals surface area contributed by atoms with E-state index in [1.807, 2.05) is 0 Å². The second-order valence-electron chi connectivity index (χ2n) is 10.6. The molecule has 0 radical (unpaired) electrons. The summed E-state index contributed by atoms with van der Waals surface area (Å²) in [4.78, 5) is 102. The maximum atomic E-state index is 12.7. The summed E-state index contributed by atoms with van der Waals surface area (Å²) in [5.41, 5.74) is -6.98. The van der Waals surface area contributed by atoms with Crippen LogP contribution in [0.4, 0.5) is 9.59 Å². The maximum Gasteiger partial charge on any atom is 0.431 e. The Bertz CT molecular complexity index is 2430. The number of hydrogen-bond donors (Lipinski definition) is 8. The van der Waals surface area contributed by atoms with Gasteiger partial charge in [-0.2, -0.15) is 9.36 Å². The number of aromatic carboxylic acids is 6. The van der Waals surface area contributed by atoms with E-state index in [0.717, 1.165) is 0 Å². The second kappa shape index (κ2) is 9.03. The molecule has 0 spiro atoms. The van der Waals surface area contributed by atoms with Crippen molar-refractivity contribution >= 4 is 113 Å². The molecule has 7 rings (SSSR count). The van der Waals surface area contributed by atoms with E-state index in [1.54, 1.807) is 0 Å². The molecule has 1 heterocycles. The van der Waals surface area contributed by atoms with Crippen molar-refractivity contribution in [3.8, 4) is 0 Å². The summed E-state index contributed by atoms with van der Waals surface area (Å²) in [5.74, 6) is -11.1. The van der Waals surface area contributed by atoms with Crippen molar-refractivity contribution in [2.45, 2.75) is 0 Å². The van der Waals surface area contributed by atoms with E-state index in [1.165, 1.54) is 0 Å². The van der Waals surface area contributed by atoms with Crippen LogP contribution in [0.1, 0.15) is 62.1 Å². The van der Waals surface area contributed by atoms with Crippen molar-refractivity contribution in [2.75, 3.05) is 0 Å². The van der Waals surface area contributed by atoms with Gasteiger partial charge in [0.1, 0.15) is 0 Å². The Labute approximate surface area is 259 Å².